The Bertz CT molecular complexity index is 615. The van der Waals surface area contributed by atoms with E-state index in [-0.39, 0.29) is 0 Å². The molecule has 5 heteroatoms. The second-order valence-electron chi connectivity index (χ2n) is 3.57. The molecule has 2 aromatic rings. The fourth-order valence-electron chi connectivity index (χ4n) is 1.42. The highest BCUT2D eigenvalue weighted by Gasteiger charge is 2.05. The molecule has 0 saturated heterocycles. The van der Waals surface area contributed by atoms with Crippen molar-refractivity contribution in [1.82, 2.24) is 0 Å². The topological polar surface area (TPSA) is 49.8 Å². The quantitative estimate of drug-likeness (QED) is 0.842. The van der Waals surface area contributed by atoms with E-state index in [4.69, 9.17) is 11.0 Å². The van der Waals surface area contributed by atoms with E-state index in [9.17, 15) is 8.78 Å². The summed E-state index contributed by atoms with van der Waals surface area (Å²) in [5.74, 6) is -1.26. The van der Waals surface area contributed by atoms with Crippen LogP contribution in [0.5, 0.6) is 0 Å². The van der Waals surface area contributed by atoms with Crippen molar-refractivity contribution in [2.45, 2.75) is 9.79 Å². The van der Waals surface area contributed by atoms with Crippen LogP contribution in [-0.4, -0.2) is 0 Å². The Morgan fingerprint density at radius 3 is 2.28 bits per heavy atom. The van der Waals surface area contributed by atoms with Crippen LogP contribution in [0.1, 0.15) is 5.56 Å². The predicted molar refractivity (Wildman–Crippen MR) is 66.1 cm³/mol. The lowest BCUT2D eigenvalue weighted by molar-refractivity contribution is 0.577. The van der Waals surface area contributed by atoms with Crippen molar-refractivity contribution < 1.29 is 8.78 Å². The molecular weight excluding hydrogens is 254 g/mol. The van der Waals surface area contributed by atoms with Crippen LogP contribution in [0.3, 0.4) is 0 Å². The van der Waals surface area contributed by atoms with Gasteiger partial charge in [-0.1, -0.05) is 11.8 Å². The smallest absolute Gasteiger partial charge is 0.127 e. The molecule has 0 bridgehead atoms. The largest absolute Gasteiger partial charge is 0.398 e. The monoisotopic (exact) mass is 262 g/mol. The van der Waals surface area contributed by atoms with Gasteiger partial charge in [-0.05, 0) is 30.3 Å². The molecule has 0 spiro atoms. The van der Waals surface area contributed by atoms with Crippen molar-refractivity contribution in [3.63, 3.8) is 0 Å². The van der Waals surface area contributed by atoms with Crippen molar-refractivity contribution in [1.29, 1.82) is 5.26 Å². The normalized spacial score (nSPS) is 10.1. The van der Waals surface area contributed by atoms with Crippen LogP contribution < -0.4 is 5.73 Å². The van der Waals surface area contributed by atoms with Crippen LogP contribution in [0, 0.1) is 23.0 Å². The van der Waals surface area contributed by atoms with E-state index in [1.165, 1.54) is 23.9 Å². The van der Waals surface area contributed by atoms with Gasteiger partial charge >= 0.3 is 0 Å². The summed E-state index contributed by atoms with van der Waals surface area (Å²) in [6.45, 7) is 0. The molecular formula is C13H8F2N2S. The number of hydrogen-bond acceptors (Lipinski definition) is 3. The first-order valence-corrected chi connectivity index (χ1v) is 5.84. The highest BCUT2D eigenvalue weighted by Crippen LogP contribution is 2.30. The van der Waals surface area contributed by atoms with Crippen molar-refractivity contribution >= 4 is 17.4 Å². The standard InChI is InChI=1S/C13H8F2N2S/c14-9-4-10(15)6-12(5-9)18-11-1-2-13(17)8(3-11)7-16/h1-6H,17H2. The van der Waals surface area contributed by atoms with Gasteiger partial charge in [0, 0.05) is 21.5 Å². The van der Waals surface area contributed by atoms with Gasteiger partial charge in [0.25, 0.3) is 0 Å². The predicted octanol–water partition coefficient (Wildman–Crippen LogP) is 3.57. The van der Waals surface area contributed by atoms with E-state index in [0.29, 0.717) is 21.0 Å². The molecule has 90 valence electrons. The highest BCUT2D eigenvalue weighted by molar-refractivity contribution is 7.99. The molecule has 0 aliphatic rings. The maximum atomic E-state index is 13.0. The molecule has 18 heavy (non-hydrogen) atoms. The molecule has 0 aromatic heterocycles. The van der Waals surface area contributed by atoms with Gasteiger partial charge in [-0.15, -0.1) is 0 Å². The lowest BCUT2D eigenvalue weighted by Crippen LogP contribution is -1.90. The number of nitriles is 1. The highest BCUT2D eigenvalue weighted by atomic mass is 32.2. The van der Waals surface area contributed by atoms with Gasteiger partial charge in [-0.2, -0.15) is 5.26 Å². The molecule has 2 aromatic carbocycles. The molecule has 0 radical (unpaired) electrons. The molecule has 2 rings (SSSR count). The summed E-state index contributed by atoms with van der Waals surface area (Å²) in [5, 5.41) is 8.84. The maximum absolute atomic E-state index is 13.0. The lowest BCUT2D eigenvalue weighted by Gasteiger charge is -2.04. The fourth-order valence-corrected chi connectivity index (χ4v) is 2.35. The first kappa shape index (κ1) is 12.4. The minimum Gasteiger partial charge on any atom is -0.398 e. The third-order valence-corrected chi connectivity index (χ3v) is 3.18. The van der Waals surface area contributed by atoms with Crippen LogP contribution in [0.15, 0.2) is 46.2 Å². The van der Waals surface area contributed by atoms with E-state index in [1.54, 1.807) is 18.2 Å². The third-order valence-electron chi connectivity index (χ3n) is 2.22. The zero-order valence-corrected chi connectivity index (χ0v) is 9.97. The number of nitrogens with zero attached hydrogens (tertiary/aromatic N) is 1. The van der Waals surface area contributed by atoms with Gasteiger partial charge in [-0.25, -0.2) is 8.78 Å². The van der Waals surface area contributed by atoms with E-state index in [1.807, 2.05) is 6.07 Å². The SMILES string of the molecule is N#Cc1cc(Sc2cc(F)cc(F)c2)ccc1N. The molecule has 0 atom stereocenters. The fraction of sp³-hybridized carbons (Fsp3) is 0. The van der Waals surface area contributed by atoms with Crippen molar-refractivity contribution in [3.8, 4) is 6.07 Å². The van der Waals surface area contributed by atoms with Gasteiger partial charge in [-0.3, -0.25) is 0 Å². The van der Waals surface area contributed by atoms with E-state index >= 15 is 0 Å². The van der Waals surface area contributed by atoms with Crippen molar-refractivity contribution in [2.75, 3.05) is 5.73 Å². The molecule has 0 aliphatic heterocycles. The summed E-state index contributed by atoms with van der Waals surface area (Å²) in [6.07, 6.45) is 0. The van der Waals surface area contributed by atoms with Gasteiger partial charge in [0.15, 0.2) is 0 Å². The second kappa shape index (κ2) is 5.07. The van der Waals surface area contributed by atoms with Crippen LogP contribution in [0.2, 0.25) is 0 Å². The summed E-state index contributed by atoms with van der Waals surface area (Å²) in [4.78, 5) is 1.13. The van der Waals surface area contributed by atoms with Crippen molar-refractivity contribution in [3.05, 3.63) is 53.6 Å². The zero-order chi connectivity index (χ0) is 13.1. The average Bonchev–Trinajstić information content (AvgIpc) is 2.30. The third kappa shape index (κ3) is 2.79. The molecule has 0 aliphatic carbocycles. The van der Waals surface area contributed by atoms with Gasteiger partial charge in [0.1, 0.15) is 17.7 Å². The number of hydrogen-bond donors (Lipinski definition) is 1. The molecule has 0 amide bonds. The number of nitrogens with two attached hydrogens (primary N) is 1. The van der Waals surface area contributed by atoms with E-state index < -0.39 is 11.6 Å². The minimum atomic E-state index is -0.631. The average molecular weight is 262 g/mol. The summed E-state index contributed by atoms with van der Waals surface area (Å²) >= 11 is 1.17. The number of rotatable bonds is 2. The van der Waals surface area contributed by atoms with Crippen LogP contribution in [0.4, 0.5) is 14.5 Å². The molecule has 0 unspecified atom stereocenters. The van der Waals surface area contributed by atoms with Gasteiger partial charge in [0.2, 0.25) is 0 Å². The molecule has 2 N–H and O–H groups in total. The number of halogens is 2. The zero-order valence-electron chi connectivity index (χ0n) is 9.15. The van der Waals surface area contributed by atoms with Crippen LogP contribution >= 0.6 is 11.8 Å². The lowest BCUT2D eigenvalue weighted by atomic mass is 10.2. The number of nitrogen functional groups attached to an aromatic ring is 1. The number of benzene rings is 2. The van der Waals surface area contributed by atoms with E-state index in [2.05, 4.69) is 0 Å². The summed E-state index contributed by atoms with van der Waals surface area (Å²) in [6, 6.07) is 10.1. The van der Waals surface area contributed by atoms with Crippen molar-refractivity contribution in [2.24, 2.45) is 0 Å². The summed E-state index contributed by atoms with van der Waals surface area (Å²) in [5.41, 5.74) is 6.32. The Kier molecular flexibility index (Phi) is 3.49. The van der Waals surface area contributed by atoms with Gasteiger partial charge < -0.3 is 5.73 Å². The van der Waals surface area contributed by atoms with Gasteiger partial charge in [0.05, 0.1) is 5.56 Å². The number of anilines is 1. The summed E-state index contributed by atoms with van der Waals surface area (Å²) in [7, 11) is 0. The Balaban J connectivity index is 2.31. The molecule has 0 fully saturated rings. The Morgan fingerprint density at radius 1 is 1.00 bits per heavy atom. The molecule has 2 nitrogen and oxygen atoms in total. The molecule has 0 saturated carbocycles. The maximum Gasteiger partial charge on any atom is 0.127 e. The minimum absolute atomic E-state index is 0.344. The van der Waals surface area contributed by atoms with Crippen LogP contribution in [-0.2, 0) is 0 Å². The summed E-state index contributed by atoms with van der Waals surface area (Å²) < 4.78 is 26.0. The van der Waals surface area contributed by atoms with E-state index in [0.717, 1.165) is 6.07 Å². The van der Waals surface area contributed by atoms with Crippen LogP contribution in [0.25, 0.3) is 0 Å². The Labute approximate surface area is 107 Å². The Morgan fingerprint density at radius 2 is 1.67 bits per heavy atom. The first-order valence-electron chi connectivity index (χ1n) is 5.02. The first-order chi connectivity index (χ1) is 8.58. The second-order valence-corrected chi connectivity index (χ2v) is 4.72. The molecule has 0 heterocycles. The Hall–Kier alpha value is -2.06.